The van der Waals surface area contributed by atoms with Gasteiger partial charge in [0.05, 0.1) is 13.0 Å². The second-order valence-electron chi connectivity index (χ2n) is 7.00. The van der Waals surface area contributed by atoms with Gasteiger partial charge in [0.15, 0.2) is 0 Å². The summed E-state index contributed by atoms with van der Waals surface area (Å²) in [5.74, 6) is 0.322. The summed E-state index contributed by atoms with van der Waals surface area (Å²) in [6, 6.07) is 10.1. The Balaban J connectivity index is 1.45. The van der Waals surface area contributed by atoms with Crippen LogP contribution >= 0.6 is 0 Å². The lowest BCUT2D eigenvalue weighted by Crippen LogP contribution is -2.45. The van der Waals surface area contributed by atoms with E-state index in [1.54, 1.807) is 0 Å². The van der Waals surface area contributed by atoms with Gasteiger partial charge in [0.2, 0.25) is 11.6 Å². The number of likely N-dealkylation sites (tertiary alicyclic amines) is 1. The molecule has 7 nitrogen and oxygen atoms in total. The van der Waals surface area contributed by atoms with E-state index >= 15 is 0 Å². The number of aromatic nitrogens is 3. The molecule has 3 aromatic rings. The smallest absolute Gasteiger partial charge is 0.251 e. The molecule has 1 fully saturated rings. The molecule has 3 heterocycles. The summed E-state index contributed by atoms with van der Waals surface area (Å²) in [5.41, 5.74) is 2.32. The Morgan fingerprint density at radius 1 is 1.32 bits per heavy atom. The average Bonchev–Trinajstić information content (AvgIpc) is 3.04. The number of amides is 1. The number of hydrogen-bond acceptors (Lipinski definition) is 5. The molecule has 0 saturated carbocycles. The lowest BCUT2D eigenvalue weighted by molar-refractivity contribution is -0.133. The Hall–Kier alpha value is -3.40. The number of benzene rings is 1. The Bertz CT molecular complexity index is 1050. The van der Waals surface area contributed by atoms with Crippen molar-refractivity contribution in [3.05, 3.63) is 54.1 Å². The summed E-state index contributed by atoms with van der Waals surface area (Å²) < 4.78 is 7.94. The van der Waals surface area contributed by atoms with Crippen molar-refractivity contribution in [3.63, 3.8) is 0 Å². The molecule has 1 aromatic carbocycles. The third-order valence-corrected chi connectivity index (χ3v) is 5.10. The number of fused-ring (bicyclic) bond motifs is 1. The Morgan fingerprint density at radius 2 is 2.14 bits per heavy atom. The number of aryl methyl sites for hydroxylation is 1. The third-order valence-electron chi connectivity index (χ3n) is 5.10. The van der Waals surface area contributed by atoms with Crippen molar-refractivity contribution in [2.75, 3.05) is 13.1 Å². The number of carbonyl (C=O) groups excluding carboxylic acids is 1. The summed E-state index contributed by atoms with van der Waals surface area (Å²) in [5, 5.41) is 10.3. The predicted octanol–water partition coefficient (Wildman–Crippen LogP) is 2.45. The van der Waals surface area contributed by atoms with Gasteiger partial charge in [0.25, 0.3) is 5.88 Å². The molecule has 1 saturated heterocycles. The monoisotopic (exact) mass is 375 g/mol. The van der Waals surface area contributed by atoms with Gasteiger partial charge in [-0.3, -0.25) is 4.79 Å². The van der Waals surface area contributed by atoms with Crippen molar-refractivity contribution in [2.24, 2.45) is 7.05 Å². The maximum Gasteiger partial charge on any atom is 0.251 e. The molecule has 0 unspecified atom stereocenters. The number of nitriles is 1. The zero-order valence-corrected chi connectivity index (χ0v) is 15.7. The fourth-order valence-corrected chi connectivity index (χ4v) is 3.75. The molecular weight excluding hydrogens is 354 g/mol. The van der Waals surface area contributed by atoms with Crippen molar-refractivity contribution in [1.82, 2.24) is 19.4 Å². The van der Waals surface area contributed by atoms with Crippen molar-refractivity contribution >= 4 is 16.8 Å². The highest BCUT2D eigenvalue weighted by atomic mass is 16.5. The van der Waals surface area contributed by atoms with Crippen LogP contribution < -0.4 is 4.74 Å². The highest BCUT2D eigenvalue weighted by Crippen LogP contribution is 2.23. The number of rotatable bonds is 4. The minimum absolute atomic E-state index is 0.0873. The average molecular weight is 375 g/mol. The minimum Gasteiger partial charge on any atom is -0.470 e. The normalized spacial score (nSPS) is 16.7. The fourth-order valence-electron chi connectivity index (χ4n) is 3.75. The van der Waals surface area contributed by atoms with Crippen LogP contribution in [-0.2, 0) is 18.3 Å². The molecule has 1 aliphatic heterocycles. The zero-order valence-electron chi connectivity index (χ0n) is 15.7. The van der Waals surface area contributed by atoms with Crippen LogP contribution in [0.4, 0.5) is 0 Å². The standard InChI is InChI=1S/C21H21N5O2/c1-25-13-15(17-6-2-3-7-19(17)25)11-20(27)26-10-4-5-16(14-26)28-21-18(12-22)23-8-9-24-21/h2-3,6-9,13,16H,4-5,10-11,14H2,1H3/t16-/m0/s1. The van der Waals surface area contributed by atoms with Gasteiger partial charge in [0.1, 0.15) is 12.2 Å². The van der Waals surface area contributed by atoms with E-state index in [1.165, 1.54) is 12.4 Å². The second kappa shape index (κ2) is 7.69. The molecule has 4 rings (SSSR count). The van der Waals surface area contributed by atoms with E-state index in [4.69, 9.17) is 10.00 Å². The lowest BCUT2D eigenvalue weighted by atomic mass is 10.1. The van der Waals surface area contributed by atoms with E-state index in [9.17, 15) is 4.79 Å². The first-order valence-corrected chi connectivity index (χ1v) is 9.34. The van der Waals surface area contributed by atoms with Gasteiger partial charge >= 0.3 is 0 Å². The first-order valence-electron chi connectivity index (χ1n) is 9.34. The highest BCUT2D eigenvalue weighted by molar-refractivity contribution is 5.89. The quantitative estimate of drug-likeness (QED) is 0.699. The van der Waals surface area contributed by atoms with E-state index < -0.39 is 0 Å². The third kappa shape index (κ3) is 3.54. The van der Waals surface area contributed by atoms with Crippen molar-refractivity contribution in [1.29, 1.82) is 5.26 Å². The van der Waals surface area contributed by atoms with Crippen LogP contribution in [0.25, 0.3) is 10.9 Å². The first-order chi connectivity index (χ1) is 13.7. The Kier molecular flexibility index (Phi) is 4.94. The molecule has 0 radical (unpaired) electrons. The van der Waals surface area contributed by atoms with Gasteiger partial charge in [-0.25, -0.2) is 9.97 Å². The van der Waals surface area contributed by atoms with Crippen molar-refractivity contribution in [2.45, 2.75) is 25.4 Å². The molecule has 0 spiro atoms. The molecule has 1 atom stereocenters. The molecule has 1 amide bonds. The number of carbonyl (C=O) groups is 1. The Morgan fingerprint density at radius 3 is 3.00 bits per heavy atom. The Labute approximate surface area is 163 Å². The van der Waals surface area contributed by atoms with Crippen LogP contribution in [0.1, 0.15) is 24.1 Å². The van der Waals surface area contributed by atoms with Gasteiger partial charge in [-0.05, 0) is 24.5 Å². The first kappa shape index (κ1) is 18.0. The molecule has 0 bridgehead atoms. The molecule has 0 aliphatic carbocycles. The number of piperidine rings is 1. The van der Waals surface area contributed by atoms with Gasteiger partial charge in [0, 0.05) is 43.1 Å². The van der Waals surface area contributed by atoms with Crippen LogP contribution in [0.2, 0.25) is 0 Å². The summed E-state index contributed by atoms with van der Waals surface area (Å²) >= 11 is 0. The van der Waals surface area contributed by atoms with E-state index in [1.807, 2.05) is 36.3 Å². The lowest BCUT2D eigenvalue weighted by Gasteiger charge is -2.32. The number of ether oxygens (including phenoxy) is 1. The molecule has 2 aromatic heterocycles. The fraction of sp³-hybridized carbons (Fsp3) is 0.333. The van der Waals surface area contributed by atoms with E-state index in [2.05, 4.69) is 26.7 Å². The molecule has 7 heteroatoms. The molecule has 142 valence electrons. The van der Waals surface area contributed by atoms with Gasteiger partial charge < -0.3 is 14.2 Å². The van der Waals surface area contributed by atoms with Gasteiger partial charge in [-0.1, -0.05) is 18.2 Å². The zero-order chi connectivity index (χ0) is 19.5. The van der Waals surface area contributed by atoms with Crippen LogP contribution in [0.5, 0.6) is 5.88 Å². The van der Waals surface area contributed by atoms with Gasteiger partial charge in [-0.2, -0.15) is 5.26 Å². The molecule has 0 N–H and O–H groups in total. The maximum absolute atomic E-state index is 12.9. The second-order valence-corrected chi connectivity index (χ2v) is 7.00. The highest BCUT2D eigenvalue weighted by Gasteiger charge is 2.26. The van der Waals surface area contributed by atoms with Crippen LogP contribution in [0, 0.1) is 11.3 Å². The van der Waals surface area contributed by atoms with Crippen molar-refractivity contribution in [3.8, 4) is 11.9 Å². The number of hydrogen-bond donors (Lipinski definition) is 0. The minimum atomic E-state index is -0.186. The molecule has 1 aliphatic rings. The van der Waals surface area contributed by atoms with Crippen LogP contribution in [0.3, 0.4) is 0 Å². The SMILES string of the molecule is Cn1cc(CC(=O)N2CCC[C@H](Oc3nccnc3C#N)C2)c2ccccc21. The summed E-state index contributed by atoms with van der Waals surface area (Å²) in [4.78, 5) is 22.8. The van der Waals surface area contributed by atoms with Crippen LogP contribution in [-0.4, -0.2) is 44.5 Å². The number of para-hydroxylation sites is 1. The summed E-state index contributed by atoms with van der Waals surface area (Å²) in [6.45, 7) is 1.21. The van der Waals surface area contributed by atoms with E-state index in [0.717, 1.165) is 35.9 Å². The van der Waals surface area contributed by atoms with E-state index in [-0.39, 0.29) is 23.6 Å². The topological polar surface area (TPSA) is 84.0 Å². The summed E-state index contributed by atoms with van der Waals surface area (Å²) in [6.07, 6.45) is 6.85. The maximum atomic E-state index is 12.9. The predicted molar refractivity (Wildman–Crippen MR) is 104 cm³/mol. The van der Waals surface area contributed by atoms with Gasteiger partial charge in [-0.15, -0.1) is 0 Å². The molecule has 28 heavy (non-hydrogen) atoms. The number of nitrogens with zero attached hydrogens (tertiary/aromatic N) is 5. The van der Waals surface area contributed by atoms with Crippen molar-refractivity contribution < 1.29 is 9.53 Å². The molecular formula is C21H21N5O2. The largest absolute Gasteiger partial charge is 0.470 e. The summed E-state index contributed by atoms with van der Waals surface area (Å²) in [7, 11) is 1.99. The van der Waals surface area contributed by atoms with Crippen LogP contribution in [0.15, 0.2) is 42.9 Å². The van der Waals surface area contributed by atoms with E-state index in [0.29, 0.717) is 13.0 Å².